The lowest BCUT2D eigenvalue weighted by molar-refractivity contribution is 0.0936. The molecule has 1 aromatic heterocycles. The van der Waals surface area contributed by atoms with E-state index in [9.17, 15) is 22.8 Å². The van der Waals surface area contributed by atoms with Gasteiger partial charge in [0, 0.05) is 35.6 Å². The van der Waals surface area contributed by atoms with Crippen LogP contribution >= 0.6 is 11.3 Å². The molecule has 2 saturated carbocycles. The van der Waals surface area contributed by atoms with E-state index in [0.717, 1.165) is 81.2 Å². The maximum atomic E-state index is 14.0. The van der Waals surface area contributed by atoms with Crippen LogP contribution in [0.25, 0.3) is 0 Å². The fraction of sp³-hybridized carbons (Fsp3) is 0.567. The number of hydrogen-bond acceptors (Lipinski definition) is 8. The van der Waals surface area contributed by atoms with Crippen molar-refractivity contribution >= 4 is 44.3 Å². The van der Waals surface area contributed by atoms with Crippen LogP contribution in [-0.4, -0.2) is 68.3 Å². The number of amides is 3. The molecule has 2 N–H and O–H groups in total. The van der Waals surface area contributed by atoms with Gasteiger partial charge in [-0.1, -0.05) is 38.5 Å². The van der Waals surface area contributed by atoms with E-state index in [2.05, 4.69) is 20.3 Å². The number of fused-ring (bicyclic) bond motifs is 1. The molecule has 0 bridgehead atoms. The molecule has 1 aromatic carbocycles. The van der Waals surface area contributed by atoms with Crippen molar-refractivity contribution < 1.29 is 27.5 Å². The maximum absolute atomic E-state index is 14.0. The molecule has 3 aliphatic rings. The number of ether oxygens (including phenoxy) is 1. The molecule has 0 saturated heterocycles. The van der Waals surface area contributed by atoms with E-state index in [0.29, 0.717) is 18.0 Å². The van der Waals surface area contributed by atoms with Crippen molar-refractivity contribution in [2.75, 3.05) is 26.0 Å². The zero-order chi connectivity index (χ0) is 29.9. The second-order valence-corrected chi connectivity index (χ2v) is 14.5. The first-order chi connectivity index (χ1) is 20.2. The van der Waals surface area contributed by atoms with Crippen LogP contribution in [0.4, 0.5) is 9.80 Å². The minimum absolute atomic E-state index is 0.0216. The number of thiophene rings is 1. The summed E-state index contributed by atoms with van der Waals surface area (Å²) < 4.78 is 34.4. The standard InChI is InChI=1S/C30H40N4O6S2/c1-33-18-17-24-25(19-33)41-29(26(24)28(36)32-30(37)40-2)31-27(35)20-13-15-23(16-14-20)42(38,39)34(21-9-5-3-6-10-21)22-11-7-4-8-12-22/h13-16,21-22H,3-12,17-19H2,1-2H3,(H,31,35)(H,32,36,37). The van der Waals surface area contributed by atoms with E-state index >= 15 is 0 Å². The Labute approximate surface area is 251 Å². The van der Waals surface area contributed by atoms with Crippen LogP contribution in [0.15, 0.2) is 29.2 Å². The average molecular weight is 617 g/mol. The Morgan fingerprint density at radius 1 is 0.929 bits per heavy atom. The van der Waals surface area contributed by atoms with E-state index in [1.807, 2.05) is 7.05 Å². The summed E-state index contributed by atoms with van der Waals surface area (Å²) in [6.07, 6.45) is 9.77. The molecule has 228 valence electrons. The summed E-state index contributed by atoms with van der Waals surface area (Å²) in [6, 6.07) is 6.13. The smallest absolute Gasteiger partial charge is 0.413 e. The summed E-state index contributed by atoms with van der Waals surface area (Å²) in [6.45, 7) is 1.36. The van der Waals surface area contributed by atoms with Crippen LogP contribution in [0, 0.1) is 0 Å². The zero-order valence-electron chi connectivity index (χ0n) is 24.3. The number of anilines is 1. The van der Waals surface area contributed by atoms with E-state index in [-0.39, 0.29) is 28.1 Å². The molecule has 5 rings (SSSR count). The molecule has 0 atom stereocenters. The van der Waals surface area contributed by atoms with Gasteiger partial charge in [-0.2, -0.15) is 4.31 Å². The predicted octanol–water partition coefficient (Wildman–Crippen LogP) is 5.14. The number of likely N-dealkylation sites (N-methyl/N-ethyl adjacent to an activating group) is 1. The Morgan fingerprint density at radius 3 is 2.10 bits per heavy atom. The average Bonchev–Trinajstić information content (AvgIpc) is 3.35. The number of imide groups is 1. The number of hydrogen-bond donors (Lipinski definition) is 2. The molecule has 10 nitrogen and oxygen atoms in total. The Bertz CT molecular complexity index is 1390. The molecular weight excluding hydrogens is 576 g/mol. The fourth-order valence-corrected chi connectivity index (χ4v) is 9.75. The third kappa shape index (κ3) is 6.56. The molecule has 2 fully saturated rings. The maximum Gasteiger partial charge on any atom is 0.413 e. The highest BCUT2D eigenvalue weighted by Crippen LogP contribution is 2.38. The number of nitrogens with zero attached hydrogens (tertiary/aromatic N) is 2. The monoisotopic (exact) mass is 616 g/mol. The highest BCUT2D eigenvalue weighted by molar-refractivity contribution is 7.89. The lowest BCUT2D eigenvalue weighted by atomic mass is 9.91. The summed E-state index contributed by atoms with van der Waals surface area (Å²) in [5.74, 6) is -1.10. The Kier molecular flexibility index (Phi) is 9.66. The van der Waals surface area contributed by atoms with Gasteiger partial charge >= 0.3 is 6.09 Å². The van der Waals surface area contributed by atoms with Gasteiger partial charge in [0.15, 0.2) is 0 Å². The van der Waals surface area contributed by atoms with Crippen molar-refractivity contribution in [3.8, 4) is 0 Å². The number of alkyl carbamates (subject to hydrolysis) is 1. The third-order valence-electron chi connectivity index (χ3n) is 8.66. The van der Waals surface area contributed by atoms with Gasteiger partial charge in [-0.05, 0) is 69.0 Å². The fourth-order valence-electron chi connectivity index (χ4n) is 6.50. The van der Waals surface area contributed by atoms with Gasteiger partial charge in [0.05, 0.1) is 17.6 Å². The van der Waals surface area contributed by atoms with E-state index in [1.54, 1.807) is 4.31 Å². The van der Waals surface area contributed by atoms with Gasteiger partial charge in [-0.15, -0.1) is 11.3 Å². The topological polar surface area (TPSA) is 125 Å². The van der Waals surface area contributed by atoms with Crippen LogP contribution < -0.4 is 10.6 Å². The van der Waals surface area contributed by atoms with Gasteiger partial charge in [0.2, 0.25) is 10.0 Å². The number of carbonyl (C=O) groups excluding carboxylic acids is 3. The van der Waals surface area contributed by atoms with Crippen molar-refractivity contribution in [1.29, 1.82) is 0 Å². The number of nitrogens with one attached hydrogen (secondary N) is 2. The van der Waals surface area contributed by atoms with Gasteiger partial charge in [0.1, 0.15) is 5.00 Å². The summed E-state index contributed by atoms with van der Waals surface area (Å²) in [5.41, 5.74) is 1.34. The first kappa shape index (κ1) is 30.7. The zero-order valence-corrected chi connectivity index (χ0v) is 25.9. The number of methoxy groups -OCH3 is 1. The number of rotatable bonds is 7. The third-order valence-corrected chi connectivity index (χ3v) is 11.8. The molecule has 0 radical (unpaired) electrons. The van der Waals surface area contributed by atoms with E-state index in [4.69, 9.17) is 0 Å². The second kappa shape index (κ2) is 13.2. The van der Waals surface area contributed by atoms with Gasteiger partial charge in [0.25, 0.3) is 11.8 Å². The summed E-state index contributed by atoms with van der Waals surface area (Å²) in [5, 5.41) is 5.40. The number of benzene rings is 1. The van der Waals surface area contributed by atoms with Gasteiger partial charge in [-0.25, -0.2) is 13.2 Å². The van der Waals surface area contributed by atoms with Crippen LogP contribution in [0.5, 0.6) is 0 Å². The van der Waals surface area contributed by atoms with Crippen molar-refractivity contribution in [3.05, 3.63) is 45.8 Å². The lowest BCUT2D eigenvalue weighted by Crippen LogP contribution is -2.48. The van der Waals surface area contributed by atoms with Crippen LogP contribution in [0.1, 0.15) is 95.4 Å². The molecule has 2 aliphatic carbocycles. The van der Waals surface area contributed by atoms with Crippen molar-refractivity contribution in [3.63, 3.8) is 0 Å². The van der Waals surface area contributed by atoms with E-state index < -0.39 is 27.9 Å². The molecule has 2 aromatic rings. The summed E-state index contributed by atoms with van der Waals surface area (Å²) in [4.78, 5) is 41.4. The highest BCUT2D eigenvalue weighted by Gasteiger charge is 2.38. The summed E-state index contributed by atoms with van der Waals surface area (Å²) >= 11 is 1.31. The lowest BCUT2D eigenvalue weighted by Gasteiger charge is -2.40. The van der Waals surface area contributed by atoms with Crippen molar-refractivity contribution in [2.24, 2.45) is 0 Å². The van der Waals surface area contributed by atoms with Crippen LogP contribution in [-0.2, 0) is 27.7 Å². The summed E-state index contributed by atoms with van der Waals surface area (Å²) in [7, 11) is -0.581. The molecule has 0 unspecified atom stereocenters. The predicted molar refractivity (Wildman–Crippen MR) is 161 cm³/mol. The first-order valence-electron chi connectivity index (χ1n) is 14.9. The highest BCUT2D eigenvalue weighted by atomic mass is 32.2. The van der Waals surface area contributed by atoms with Crippen LogP contribution in [0.3, 0.4) is 0 Å². The molecule has 0 spiro atoms. The number of carbonyl (C=O) groups is 3. The van der Waals surface area contributed by atoms with Crippen molar-refractivity contribution in [2.45, 2.75) is 94.2 Å². The minimum Gasteiger partial charge on any atom is -0.453 e. The second-order valence-electron chi connectivity index (χ2n) is 11.5. The number of sulfonamides is 1. The van der Waals surface area contributed by atoms with Crippen LogP contribution in [0.2, 0.25) is 0 Å². The molecular formula is C30H40N4O6S2. The normalized spacial score (nSPS) is 18.8. The molecule has 42 heavy (non-hydrogen) atoms. The minimum atomic E-state index is -3.74. The first-order valence-corrected chi connectivity index (χ1v) is 17.1. The Morgan fingerprint density at radius 2 is 1.52 bits per heavy atom. The Balaban J connectivity index is 1.38. The Hall–Kier alpha value is -2.80. The molecule has 12 heteroatoms. The molecule has 1 aliphatic heterocycles. The quantitative estimate of drug-likeness (QED) is 0.441. The van der Waals surface area contributed by atoms with E-state index in [1.165, 1.54) is 42.7 Å². The largest absolute Gasteiger partial charge is 0.453 e. The SMILES string of the molecule is COC(=O)NC(=O)c1c(NC(=O)c2ccc(S(=O)(=O)N(C3CCCCC3)C3CCCCC3)cc2)sc2c1CCN(C)C2. The molecule has 2 heterocycles. The van der Waals surface area contributed by atoms with Gasteiger partial charge in [-0.3, -0.25) is 14.9 Å². The molecule has 3 amide bonds. The van der Waals surface area contributed by atoms with Gasteiger partial charge < -0.3 is 15.0 Å². The van der Waals surface area contributed by atoms with Crippen molar-refractivity contribution in [1.82, 2.24) is 14.5 Å².